The van der Waals surface area contributed by atoms with Gasteiger partial charge in [-0.25, -0.2) is 0 Å². The second kappa shape index (κ2) is 18.2. The Morgan fingerprint density at radius 2 is 0.974 bits per heavy atom. The van der Waals surface area contributed by atoms with Gasteiger partial charge in [-0.05, 0) is 37.8 Å². The van der Waals surface area contributed by atoms with Crippen LogP contribution in [0.15, 0.2) is 0 Å². The van der Waals surface area contributed by atoms with Crippen molar-refractivity contribution in [2.45, 2.75) is 140 Å². The van der Waals surface area contributed by atoms with E-state index >= 15 is 0 Å². The van der Waals surface area contributed by atoms with Gasteiger partial charge in [0, 0.05) is 13.1 Å². The van der Waals surface area contributed by atoms with Gasteiger partial charge in [0.15, 0.2) is 12.6 Å². The van der Waals surface area contributed by atoms with Gasteiger partial charge in [-0.15, -0.1) is 0 Å². The lowest BCUT2D eigenvalue weighted by molar-refractivity contribution is -0.372. The first-order chi connectivity index (χ1) is 18.7. The molecule has 0 bridgehead atoms. The first kappa shape index (κ1) is 34.8. The third kappa shape index (κ3) is 10.4. The van der Waals surface area contributed by atoms with Gasteiger partial charge < -0.3 is 55.5 Å². The van der Waals surface area contributed by atoms with Gasteiger partial charge in [-0.1, -0.05) is 66.2 Å². The summed E-state index contributed by atoms with van der Waals surface area (Å²) in [6, 6.07) is 0. The second-order valence-corrected chi connectivity index (χ2v) is 11.3. The Hall–Kier alpha value is -0.440. The third-order valence-electron chi connectivity index (χ3n) is 8.25. The minimum Gasteiger partial charge on any atom is -0.388 e. The molecule has 0 amide bonds. The Balaban J connectivity index is 1.95. The maximum atomic E-state index is 10.5. The van der Waals surface area contributed by atoms with Crippen molar-refractivity contribution in [1.29, 1.82) is 0 Å². The molecule has 8 N–H and O–H groups in total. The number of ether oxygens (including phenoxy) is 3. The van der Waals surface area contributed by atoms with Gasteiger partial charge >= 0.3 is 0 Å². The summed E-state index contributed by atoms with van der Waals surface area (Å²) in [6.45, 7) is 10.5. The zero-order valence-corrected chi connectivity index (χ0v) is 24.3. The summed E-state index contributed by atoms with van der Waals surface area (Å²) in [5.74, 6) is 0.966. The molecule has 0 spiro atoms. The van der Waals surface area contributed by atoms with Crippen molar-refractivity contribution >= 4 is 0 Å². The van der Waals surface area contributed by atoms with E-state index in [0.29, 0.717) is 11.8 Å². The predicted octanol–water partition coefficient (Wildman–Crippen LogP) is 0.230. The molecule has 2 heterocycles. The molecule has 0 aliphatic carbocycles. The molecule has 3 unspecified atom stereocenters. The molecule has 2 aliphatic heterocycles. The molecule has 0 aromatic heterocycles. The standard InChI is InChI=1S/C28H56N2O9/c1-5-9-11-17(7-3)13-29-15-19-21(31)23(33)25(35)27(37-19)39-28-26(36)24(34)22(32)20(38-28)16-30-14-18(8-4)12-10-6-2/h17-36H,5-16H2,1-4H3/t17?,18?,19-,20-,21-,22-,23+,24+,25-,26-,27-,28?/m1/s1. The Kier molecular flexibility index (Phi) is 16.2. The molecule has 0 radical (unpaired) electrons. The van der Waals surface area contributed by atoms with Gasteiger partial charge in [0.05, 0.1) is 0 Å². The van der Waals surface area contributed by atoms with Crippen molar-refractivity contribution in [3.8, 4) is 0 Å². The van der Waals surface area contributed by atoms with Crippen molar-refractivity contribution in [3.63, 3.8) is 0 Å². The summed E-state index contributed by atoms with van der Waals surface area (Å²) in [7, 11) is 0. The topological polar surface area (TPSA) is 173 Å². The first-order valence-electron chi connectivity index (χ1n) is 15.1. The van der Waals surface area contributed by atoms with E-state index in [2.05, 4.69) is 38.3 Å². The van der Waals surface area contributed by atoms with E-state index in [1.807, 2.05) is 0 Å². The van der Waals surface area contributed by atoms with Crippen LogP contribution < -0.4 is 10.6 Å². The molecule has 39 heavy (non-hydrogen) atoms. The average molecular weight is 565 g/mol. The zero-order chi connectivity index (χ0) is 28.9. The molecule has 0 aromatic rings. The number of hydrogen-bond acceptors (Lipinski definition) is 11. The summed E-state index contributed by atoms with van der Waals surface area (Å²) in [4.78, 5) is 0. The van der Waals surface area contributed by atoms with Crippen molar-refractivity contribution in [2.75, 3.05) is 26.2 Å². The Labute approximate surface area is 234 Å². The Morgan fingerprint density at radius 3 is 1.31 bits per heavy atom. The third-order valence-corrected chi connectivity index (χ3v) is 8.25. The monoisotopic (exact) mass is 564 g/mol. The normalized spacial score (nSPS) is 37.1. The predicted molar refractivity (Wildman–Crippen MR) is 147 cm³/mol. The van der Waals surface area contributed by atoms with Crippen LogP contribution in [0.5, 0.6) is 0 Å². The van der Waals surface area contributed by atoms with E-state index in [4.69, 9.17) is 14.2 Å². The van der Waals surface area contributed by atoms with Crippen LogP contribution in [0.4, 0.5) is 0 Å². The molecule has 232 valence electrons. The summed E-state index contributed by atoms with van der Waals surface area (Å²) in [5.41, 5.74) is 0. The quantitative estimate of drug-likeness (QED) is 0.115. The molecule has 2 rings (SSSR count). The minimum atomic E-state index is -1.61. The van der Waals surface area contributed by atoms with Crippen molar-refractivity contribution in [2.24, 2.45) is 11.8 Å². The molecule has 2 aliphatic rings. The lowest BCUT2D eigenvalue weighted by atomic mass is 9.96. The highest BCUT2D eigenvalue weighted by atomic mass is 16.8. The van der Waals surface area contributed by atoms with Crippen LogP contribution in [0.2, 0.25) is 0 Å². The molecule has 0 aromatic carbocycles. The second-order valence-electron chi connectivity index (χ2n) is 11.3. The number of unbranched alkanes of at least 4 members (excludes halogenated alkanes) is 2. The van der Waals surface area contributed by atoms with Crippen LogP contribution in [-0.4, -0.2) is 118 Å². The van der Waals surface area contributed by atoms with Gasteiger partial charge in [0.1, 0.15) is 48.8 Å². The minimum absolute atomic E-state index is 0.228. The highest BCUT2D eigenvalue weighted by molar-refractivity contribution is 4.93. The Bertz CT molecular complexity index is 596. The van der Waals surface area contributed by atoms with E-state index in [9.17, 15) is 30.6 Å². The number of rotatable bonds is 18. The summed E-state index contributed by atoms with van der Waals surface area (Å²) in [6.07, 6.45) is -4.81. The van der Waals surface area contributed by atoms with E-state index in [-0.39, 0.29) is 13.1 Å². The van der Waals surface area contributed by atoms with Crippen LogP contribution in [0.25, 0.3) is 0 Å². The summed E-state index contributed by atoms with van der Waals surface area (Å²) < 4.78 is 17.3. The van der Waals surface area contributed by atoms with Gasteiger partial charge in [-0.3, -0.25) is 0 Å². The fourth-order valence-electron chi connectivity index (χ4n) is 5.27. The van der Waals surface area contributed by atoms with Crippen molar-refractivity contribution in [3.05, 3.63) is 0 Å². The Morgan fingerprint density at radius 1 is 0.590 bits per heavy atom. The SMILES string of the molecule is CCCCC(CC)CNC[C@H]1O[C@H](OC2O[C@H](CNCC(CC)CCCC)[C@@H](O)[C@H](O)[C@H]2O)[C@H](O)[C@@H](O)[C@@H]1O. The molecular formula is C28H56N2O9. The highest BCUT2D eigenvalue weighted by Gasteiger charge is 2.49. The molecule has 0 saturated carbocycles. The first-order valence-corrected chi connectivity index (χ1v) is 15.1. The fourth-order valence-corrected chi connectivity index (χ4v) is 5.27. The van der Waals surface area contributed by atoms with Crippen LogP contribution in [0, 0.1) is 11.8 Å². The largest absolute Gasteiger partial charge is 0.388 e. The number of hydrogen-bond donors (Lipinski definition) is 8. The van der Waals surface area contributed by atoms with Crippen LogP contribution >= 0.6 is 0 Å². The van der Waals surface area contributed by atoms with Crippen molar-refractivity contribution in [1.82, 2.24) is 10.6 Å². The molecule has 2 saturated heterocycles. The van der Waals surface area contributed by atoms with Gasteiger partial charge in [-0.2, -0.15) is 0 Å². The molecule has 11 nitrogen and oxygen atoms in total. The zero-order valence-electron chi connectivity index (χ0n) is 24.3. The summed E-state index contributed by atoms with van der Waals surface area (Å²) >= 11 is 0. The van der Waals surface area contributed by atoms with E-state index in [1.165, 1.54) is 0 Å². The maximum Gasteiger partial charge on any atom is 0.189 e. The van der Waals surface area contributed by atoms with Crippen LogP contribution in [0.1, 0.15) is 79.1 Å². The smallest absolute Gasteiger partial charge is 0.189 e. The van der Waals surface area contributed by atoms with E-state index < -0.39 is 61.4 Å². The van der Waals surface area contributed by atoms with Crippen LogP contribution in [0.3, 0.4) is 0 Å². The fraction of sp³-hybridized carbons (Fsp3) is 1.00. The maximum absolute atomic E-state index is 10.5. The number of nitrogens with one attached hydrogen (secondary N) is 2. The van der Waals surface area contributed by atoms with Gasteiger partial charge in [0.25, 0.3) is 0 Å². The van der Waals surface area contributed by atoms with E-state index in [0.717, 1.165) is 64.5 Å². The molecular weight excluding hydrogens is 508 g/mol. The van der Waals surface area contributed by atoms with Crippen LogP contribution in [-0.2, 0) is 14.2 Å². The van der Waals surface area contributed by atoms with E-state index in [1.54, 1.807) is 0 Å². The highest BCUT2D eigenvalue weighted by Crippen LogP contribution is 2.28. The summed E-state index contributed by atoms with van der Waals surface area (Å²) in [5, 5.41) is 69.5. The average Bonchev–Trinajstić information content (AvgIpc) is 2.94. The number of aliphatic hydroxyl groups excluding tert-OH is 6. The lowest BCUT2D eigenvalue weighted by Gasteiger charge is -2.45. The molecule has 11 heteroatoms. The molecule has 2 fully saturated rings. The lowest BCUT2D eigenvalue weighted by Crippen LogP contribution is -2.64. The van der Waals surface area contributed by atoms with Gasteiger partial charge in [0.2, 0.25) is 0 Å². The van der Waals surface area contributed by atoms with Crippen molar-refractivity contribution < 1.29 is 44.8 Å². The molecule has 12 atom stereocenters. The number of aliphatic hydroxyl groups is 6.